The molecule has 0 radical (unpaired) electrons. The fraction of sp³-hybridized carbons (Fsp3) is 0.412. The molecule has 3 unspecified atom stereocenters. The van der Waals surface area contributed by atoms with E-state index in [0.29, 0.717) is 17.9 Å². The first kappa shape index (κ1) is 17.2. The van der Waals surface area contributed by atoms with Crippen molar-refractivity contribution < 1.29 is 0 Å². The van der Waals surface area contributed by atoms with Gasteiger partial charge in [0.2, 0.25) is 0 Å². The molecule has 0 aliphatic rings. The van der Waals surface area contributed by atoms with Crippen LogP contribution in [0.1, 0.15) is 43.4 Å². The largest absolute Gasteiger partial charge is 0.312 e. The van der Waals surface area contributed by atoms with E-state index in [0.717, 1.165) is 0 Å². The summed E-state index contributed by atoms with van der Waals surface area (Å²) in [6, 6.07) is 13.4. The normalized spacial score (nSPS) is 15.7. The van der Waals surface area contributed by atoms with Crippen molar-refractivity contribution in [3.05, 3.63) is 55.1 Å². The summed E-state index contributed by atoms with van der Waals surface area (Å²) in [6.07, 6.45) is 1.17. The third kappa shape index (κ3) is 3.98. The average Bonchev–Trinajstić information content (AvgIpc) is 2.83. The first-order valence-electron chi connectivity index (χ1n) is 7.25. The highest BCUT2D eigenvalue weighted by atomic mass is 79.9. The number of likely N-dealkylation sites (N-methyl/N-ethyl adjacent to an activating group) is 1. The summed E-state index contributed by atoms with van der Waals surface area (Å²) in [6.45, 7) is 4.61. The molecule has 114 valence electrons. The van der Waals surface area contributed by atoms with E-state index in [-0.39, 0.29) is 0 Å². The maximum atomic E-state index is 3.72. The summed E-state index contributed by atoms with van der Waals surface area (Å²) in [5, 5.41) is 3.54. The van der Waals surface area contributed by atoms with Gasteiger partial charge >= 0.3 is 0 Å². The summed E-state index contributed by atoms with van der Waals surface area (Å²) in [4.78, 5) is 0. The molecule has 21 heavy (non-hydrogen) atoms. The molecule has 0 saturated heterocycles. The zero-order valence-corrected chi connectivity index (χ0v) is 16.6. The second kappa shape index (κ2) is 7.91. The van der Waals surface area contributed by atoms with Gasteiger partial charge in [-0.05, 0) is 62.0 Å². The van der Waals surface area contributed by atoms with Gasteiger partial charge in [-0.2, -0.15) is 0 Å². The van der Waals surface area contributed by atoms with Gasteiger partial charge in [0.1, 0.15) is 0 Å². The summed E-state index contributed by atoms with van der Waals surface area (Å²) in [5.41, 5.74) is 2.74. The van der Waals surface area contributed by atoms with Crippen LogP contribution in [0.2, 0.25) is 0 Å². The third-order valence-corrected chi connectivity index (χ3v) is 6.52. The van der Waals surface area contributed by atoms with E-state index in [1.807, 2.05) is 0 Å². The lowest BCUT2D eigenvalue weighted by Gasteiger charge is -2.32. The van der Waals surface area contributed by atoms with Crippen LogP contribution in [0.15, 0.2) is 44.0 Å². The maximum absolute atomic E-state index is 3.72. The van der Waals surface area contributed by atoms with Crippen molar-refractivity contribution in [2.24, 2.45) is 5.92 Å². The number of halogens is 2. The predicted octanol–water partition coefficient (Wildman–Crippen LogP) is 6.36. The Bertz CT molecular complexity index is 567. The Balaban J connectivity index is 2.45. The monoisotopic (exact) mass is 429 g/mol. The number of benzene rings is 1. The molecular formula is C17H21Br2NS. The molecule has 1 N–H and O–H groups in total. The van der Waals surface area contributed by atoms with E-state index in [1.54, 1.807) is 11.3 Å². The van der Waals surface area contributed by atoms with Gasteiger partial charge in [0.15, 0.2) is 0 Å². The van der Waals surface area contributed by atoms with Crippen LogP contribution in [-0.2, 0) is 0 Å². The molecule has 0 saturated carbocycles. The van der Waals surface area contributed by atoms with E-state index < -0.39 is 0 Å². The minimum atomic E-state index is 0.305. The van der Waals surface area contributed by atoms with E-state index in [4.69, 9.17) is 0 Å². The van der Waals surface area contributed by atoms with Crippen LogP contribution in [-0.4, -0.2) is 7.05 Å². The highest BCUT2D eigenvalue weighted by Crippen LogP contribution is 2.44. The second-order valence-corrected chi connectivity index (χ2v) is 9.12. The van der Waals surface area contributed by atoms with Gasteiger partial charge in [0.25, 0.3) is 0 Å². The number of hydrogen-bond donors (Lipinski definition) is 1. The highest BCUT2D eigenvalue weighted by Gasteiger charge is 2.29. The molecule has 0 fully saturated rings. The molecule has 2 rings (SSSR count). The summed E-state index contributed by atoms with van der Waals surface area (Å²) < 4.78 is 2.37. The van der Waals surface area contributed by atoms with Crippen molar-refractivity contribution in [2.75, 3.05) is 7.05 Å². The Morgan fingerprint density at radius 3 is 2.33 bits per heavy atom. The molecule has 0 bridgehead atoms. The van der Waals surface area contributed by atoms with Crippen LogP contribution >= 0.6 is 43.2 Å². The van der Waals surface area contributed by atoms with E-state index in [9.17, 15) is 0 Å². The standard InChI is InChI=1S/C17H21Br2NS/c1-4-11(2)15(12-8-6-5-7-9-12)16(20-3)13-10-14(18)21-17(13)19/h5-11,15-16,20H,4H2,1-3H3. The highest BCUT2D eigenvalue weighted by molar-refractivity contribution is 9.12. The van der Waals surface area contributed by atoms with Gasteiger partial charge in [0.05, 0.1) is 7.57 Å². The lowest BCUT2D eigenvalue weighted by Crippen LogP contribution is -2.28. The first-order valence-corrected chi connectivity index (χ1v) is 9.65. The number of hydrogen-bond acceptors (Lipinski definition) is 2. The molecule has 4 heteroatoms. The smallest absolute Gasteiger partial charge is 0.0758 e. The van der Waals surface area contributed by atoms with Gasteiger partial charge in [-0.3, -0.25) is 0 Å². The molecule has 1 aromatic heterocycles. The van der Waals surface area contributed by atoms with Crippen molar-refractivity contribution in [2.45, 2.75) is 32.2 Å². The Morgan fingerprint density at radius 2 is 1.86 bits per heavy atom. The molecule has 0 amide bonds. The Kier molecular flexibility index (Phi) is 6.48. The minimum absolute atomic E-state index is 0.305. The molecule has 0 aliphatic heterocycles. The van der Waals surface area contributed by atoms with Crippen LogP contribution in [0.25, 0.3) is 0 Å². The van der Waals surface area contributed by atoms with Crippen molar-refractivity contribution in [1.82, 2.24) is 5.32 Å². The third-order valence-electron chi connectivity index (χ3n) is 4.13. The fourth-order valence-electron chi connectivity index (χ4n) is 2.87. The lowest BCUT2D eigenvalue weighted by atomic mass is 9.78. The molecule has 1 nitrogen and oxygen atoms in total. The first-order chi connectivity index (χ1) is 10.1. The summed E-state index contributed by atoms with van der Waals surface area (Å²) >= 11 is 9.06. The van der Waals surface area contributed by atoms with Crippen molar-refractivity contribution in [3.63, 3.8) is 0 Å². The van der Waals surface area contributed by atoms with Gasteiger partial charge in [0, 0.05) is 12.0 Å². The van der Waals surface area contributed by atoms with Crippen LogP contribution in [0, 0.1) is 5.92 Å². The molecule has 2 aromatic rings. The average molecular weight is 431 g/mol. The lowest BCUT2D eigenvalue weighted by molar-refractivity contribution is 0.354. The van der Waals surface area contributed by atoms with Crippen molar-refractivity contribution in [1.29, 1.82) is 0 Å². The predicted molar refractivity (Wildman–Crippen MR) is 100 cm³/mol. The SMILES string of the molecule is CCC(C)C(c1ccccc1)C(NC)c1cc(Br)sc1Br. The molecule has 1 heterocycles. The molecule has 1 aromatic carbocycles. The minimum Gasteiger partial charge on any atom is -0.312 e. The van der Waals surface area contributed by atoms with Gasteiger partial charge in [-0.1, -0.05) is 50.6 Å². The van der Waals surface area contributed by atoms with Gasteiger partial charge in [-0.25, -0.2) is 0 Å². The van der Waals surface area contributed by atoms with E-state index in [2.05, 4.69) is 94.5 Å². The van der Waals surface area contributed by atoms with E-state index >= 15 is 0 Å². The fourth-order valence-corrected chi connectivity index (χ4v) is 5.80. The number of nitrogens with one attached hydrogen (secondary N) is 1. The summed E-state index contributed by atoms with van der Waals surface area (Å²) in [5.74, 6) is 1.06. The molecule has 0 aliphatic carbocycles. The van der Waals surface area contributed by atoms with Gasteiger partial charge in [-0.15, -0.1) is 11.3 Å². The van der Waals surface area contributed by atoms with E-state index in [1.165, 1.54) is 25.1 Å². The van der Waals surface area contributed by atoms with Crippen LogP contribution in [0.3, 0.4) is 0 Å². The zero-order valence-electron chi connectivity index (χ0n) is 12.6. The Hall–Kier alpha value is -0.160. The molecular weight excluding hydrogens is 410 g/mol. The van der Waals surface area contributed by atoms with Crippen molar-refractivity contribution in [3.8, 4) is 0 Å². The topological polar surface area (TPSA) is 12.0 Å². The number of rotatable bonds is 6. The number of thiophene rings is 1. The maximum Gasteiger partial charge on any atom is 0.0758 e. The van der Waals surface area contributed by atoms with Crippen LogP contribution in [0.4, 0.5) is 0 Å². The molecule has 3 atom stereocenters. The Labute approximate surface area is 148 Å². The zero-order chi connectivity index (χ0) is 15.4. The van der Waals surface area contributed by atoms with Gasteiger partial charge < -0.3 is 5.32 Å². The van der Waals surface area contributed by atoms with Crippen LogP contribution in [0.5, 0.6) is 0 Å². The quantitative estimate of drug-likeness (QED) is 0.561. The molecule has 0 spiro atoms. The Morgan fingerprint density at radius 1 is 1.19 bits per heavy atom. The van der Waals surface area contributed by atoms with Crippen LogP contribution < -0.4 is 5.32 Å². The second-order valence-electron chi connectivity index (χ2n) is 5.37. The summed E-state index contributed by atoms with van der Waals surface area (Å²) in [7, 11) is 2.06. The van der Waals surface area contributed by atoms with Crippen molar-refractivity contribution >= 4 is 43.2 Å².